The molecule has 0 aliphatic rings. The Kier molecular flexibility index (Phi) is 9.17. The minimum Gasteiger partial charge on any atom is -0.491 e. The number of hydrogen-bond donors (Lipinski definition) is 3. The third-order valence-corrected chi connectivity index (χ3v) is 4.44. The van der Waals surface area contributed by atoms with Crippen LogP contribution in [0.15, 0.2) is 48.0 Å². The number of amides is 1. The molecule has 0 bridgehead atoms. The van der Waals surface area contributed by atoms with Gasteiger partial charge in [-0.1, -0.05) is 6.58 Å². The van der Waals surface area contributed by atoms with Crippen molar-refractivity contribution in [2.24, 2.45) is 4.99 Å². The maximum atomic E-state index is 14.9. The lowest BCUT2D eigenvalue weighted by molar-refractivity contribution is -0.117. The molecule has 2 rings (SSSR count). The summed E-state index contributed by atoms with van der Waals surface area (Å²) >= 11 is 0. The fourth-order valence-electron chi connectivity index (χ4n) is 2.69. The number of halogens is 1. The standard InChI is InChI=1S/C23H29FN4O3/c1-6-26-21-14-19(31-12-11-30-5)13-20(24)22(21)15(2)27-17-7-9-18(10-8-17)28-23(29)16(3)25-4/h6-10,13-14,16,25,27H,2,11-12H2,1,3-5H3,(H,28,29). The molecule has 0 heterocycles. The number of aliphatic imine (C=N–C) groups is 1. The summed E-state index contributed by atoms with van der Waals surface area (Å²) in [6, 6.07) is 9.70. The number of ether oxygens (including phenoxy) is 2. The van der Waals surface area contributed by atoms with Crippen molar-refractivity contribution in [1.29, 1.82) is 0 Å². The molecule has 0 fully saturated rings. The highest BCUT2D eigenvalue weighted by Crippen LogP contribution is 2.33. The van der Waals surface area contributed by atoms with Crippen LogP contribution < -0.4 is 20.7 Å². The minimum absolute atomic E-state index is 0.135. The first-order chi connectivity index (χ1) is 14.9. The lowest BCUT2D eigenvalue weighted by Crippen LogP contribution is -2.35. The molecule has 8 heteroatoms. The summed E-state index contributed by atoms with van der Waals surface area (Å²) in [4.78, 5) is 16.2. The Morgan fingerprint density at radius 1 is 1.19 bits per heavy atom. The molecule has 0 aromatic heterocycles. The zero-order valence-corrected chi connectivity index (χ0v) is 18.3. The first-order valence-corrected chi connectivity index (χ1v) is 9.88. The summed E-state index contributed by atoms with van der Waals surface area (Å²) < 4.78 is 25.3. The Morgan fingerprint density at radius 3 is 2.42 bits per heavy atom. The van der Waals surface area contributed by atoms with E-state index in [0.29, 0.717) is 41.7 Å². The van der Waals surface area contributed by atoms with Crippen molar-refractivity contribution in [3.8, 4) is 5.75 Å². The SMILES string of the molecule is C=C(Nc1ccc(NC(=O)C(C)NC)cc1)c1c(F)cc(OCCOC)cc1N=CC. The van der Waals surface area contributed by atoms with E-state index in [2.05, 4.69) is 27.5 Å². The van der Waals surface area contributed by atoms with E-state index in [9.17, 15) is 9.18 Å². The van der Waals surface area contributed by atoms with Gasteiger partial charge in [0.1, 0.15) is 18.2 Å². The van der Waals surface area contributed by atoms with Gasteiger partial charge >= 0.3 is 0 Å². The van der Waals surface area contributed by atoms with Gasteiger partial charge in [-0.3, -0.25) is 9.79 Å². The molecule has 166 valence electrons. The number of methoxy groups -OCH3 is 1. The van der Waals surface area contributed by atoms with Crippen LogP contribution in [0.3, 0.4) is 0 Å². The lowest BCUT2D eigenvalue weighted by atomic mass is 10.1. The van der Waals surface area contributed by atoms with Crippen molar-refractivity contribution >= 4 is 34.9 Å². The highest BCUT2D eigenvalue weighted by atomic mass is 19.1. The predicted octanol–water partition coefficient (Wildman–Crippen LogP) is 4.20. The van der Waals surface area contributed by atoms with E-state index in [1.165, 1.54) is 6.07 Å². The first kappa shape index (κ1) is 24.0. The summed E-state index contributed by atoms with van der Waals surface area (Å²) in [5, 5.41) is 8.78. The Labute approximate surface area is 182 Å². The number of carbonyl (C=O) groups is 1. The average molecular weight is 429 g/mol. The summed E-state index contributed by atoms with van der Waals surface area (Å²) in [6.07, 6.45) is 1.58. The van der Waals surface area contributed by atoms with E-state index >= 15 is 0 Å². The van der Waals surface area contributed by atoms with E-state index in [1.54, 1.807) is 64.6 Å². The summed E-state index contributed by atoms with van der Waals surface area (Å²) in [5.41, 5.74) is 2.34. The number of carbonyl (C=O) groups excluding carboxylic acids is 1. The van der Waals surface area contributed by atoms with Crippen molar-refractivity contribution in [3.63, 3.8) is 0 Å². The van der Waals surface area contributed by atoms with Crippen LogP contribution in [-0.4, -0.2) is 45.5 Å². The number of anilines is 2. The zero-order valence-electron chi connectivity index (χ0n) is 18.3. The smallest absolute Gasteiger partial charge is 0.241 e. The number of benzene rings is 2. The molecule has 0 saturated heterocycles. The number of likely N-dealkylation sites (N-methyl/N-ethyl adjacent to an activating group) is 1. The average Bonchev–Trinajstić information content (AvgIpc) is 2.74. The molecule has 1 atom stereocenters. The second-order valence-electron chi connectivity index (χ2n) is 6.71. The third-order valence-electron chi connectivity index (χ3n) is 4.44. The fourth-order valence-corrected chi connectivity index (χ4v) is 2.69. The van der Waals surface area contributed by atoms with Crippen LogP contribution >= 0.6 is 0 Å². The minimum atomic E-state index is -0.502. The molecular formula is C23H29FN4O3. The largest absolute Gasteiger partial charge is 0.491 e. The van der Waals surface area contributed by atoms with Crippen molar-refractivity contribution in [2.75, 3.05) is 38.0 Å². The van der Waals surface area contributed by atoms with Gasteiger partial charge in [-0.05, 0) is 45.2 Å². The molecule has 0 radical (unpaired) electrons. The first-order valence-electron chi connectivity index (χ1n) is 9.88. The van der Waals surface area contributed by atoms with E-state index in [1.807, 2.05) is 0 Å². The van der Waals surface area contributed by atoms with Gasteiger partial charge in [0.15, 0.2) is 0 Å². The normalized spacial score (nSPS) is 11.9. The van der Waals surface area contributed by atoms with E-state index in [0.717, 1.165) is 0 Å². The molecule has 0 saturated carbocycles. The van der Waals surface area contributed by atoms with E-state index in [4.69, 9.17) is 9.47 Å². The molecule has 0 spiro atoms. The Hall–Kier alpha value is -3.23. The van der Waals surface area contributed by atoms with E-state index < -0.39 is 5.82 Å². The molecule has 31 heavy (non-hydrogen) atoms. The molecule has 0 aliphatic heterocycles. The van der Waals surface area contributed by atoms with Crippen LogP contribution in [0.1, 0.15) is 19.4 Å². The van der Waals surface area contributed by atoms with Crippen LogP contribution in [0.25, 0.3) is 5.70 Å². The highest BCUT2D eigenvalue weighted by Gasteiger charge is 2.15. The van der Waals surface area contributed by atoms with E-state index in [-0.39, 0.29) is 17.5 Å². The molecule has 0 aliphatic carbocycles. The van der Waals surface area contributed by atoms with Crippen LogP contribution in [0.5, 0.6) is 5.75 Å². The molecule has 1 unspecified atom stereocenters. The van der Waals surface area contributed by atoms with Crippen LogP contribution in [0.4, 0.5) is 21.5 Å². The second kappa shape index (κ2) is 11.8. The van der Waals surface area contributed by atoms with Crippen molar-refractivity contribution < 1.29 is 18.7 Å². The van der Waals surface area contributed by atoms with Gasteiger partial charge in [-0.15, -0.1) is 0 Å². The molecule has 1 amide bonds. The Bertz CT molecular complexity index is 929. The quantitative estimate of drug-likeness (QED) is 0.369. The second-order valence-corrected chi connectivity index (χ2v) is 6.71. The van der Waals surface area contributed by atoms with Crippen molar-refractivity contribution in [1.82, 2.24) is 5.32 Å². The lowest BCUT2D eigenvalue weighted by Gasteiger charge is -2.16. The highest BCUT2D eigenvalue weighted by molar-refractivity contribution is 5.94. The zero-order chi connectivity index (χ0) is 22.8. The number of nitrogens with zero attached hydrogens (tertiary/aromatic N) is 1. The number of nitrogens with one attached hydrogen (secondary N) is 3. The molecule has 2 aromatic rings. The third kappa shape index (κ3) is 6.91. The van der Waals surface area contributed by atoms with Gasteiger partial charge < -0.3 is 25.4 Å². The van der Waals surface area contributed by atoms with Crippen LogP contribution in [0, 0.1) is 5.82 Å². The summed E-state index contributed by atoms with van der Waals surface area (Å²) in [5.74, 6) is -0.273. The topological polar surface area (TPSA) is 84.0 Å². The Balaban J connectivity index is 2.16. The number of rotatable bonds is 11. The van der Waals surface area contributed by atoms with Gasteiger partial charge in [0.25, 0.3) is 0 Å². The van der Waals surface area contributed by atoms with Crippen LogP contribution in [-0.2, 0) is 9.53 Å². The monoisotopic (exact) mass is 428 g/mol. The summed E-state index contributed by atoms with van der Waals surface area (Å²) in [6.45, 7) is 8.19. The number of hydrogen-bond acceptors (Lipinski definition) is 6. The van der Waals surface area contributed by atoms with Gasteiger partial charge in [0.2, 0.25) is 5.91 Å². The van der Waals surface area contributed by atoms with Gasteiger partial charge in [0, 0.05) is 42.5 Å². The predicted molar refractivity (Wildman–Crippen MR) is 124 cm³/mol. The molecule has 2 aromatic carbocycles. The van der Waals surface area contributed by atoms with Gasteiger partial charge in [-0.2, -0.15) is 0 Å². The summed E-state index contributed by atoms with van der Waals surface area (Å²) in [7, 11) is 3.29. The van der Waals surface area contributed by atoms with Gasteiger partial charge in [0.05, 0.1) is 23.9 Å². The maximum absolute atomic E-state index is 14.9. The Morgan fingerprint density at radius 2 is 1.84 bits per heavy atom. The molecular weight excluding hydrogens is 399 g/mol. The fraction of sp³-hybridized carbons (Fsp3) is 0.304. The van der Waals surface area contributed by atoms with Crippen molar-refractivity contribution in [3.05, 3.63) is 54.4 Å². The van der Waals surface area contributed by atoms with Gasteiger partial charge in [-0.25, -0.2) is 4.39 Å². The molecule has 3 N–H and O–H groups in total. The maximum Gasteiger partial charge on any atom is 0.241 e. The van der Waals surface area contributed by atoms with Crippen molar-refractivity contribution in [2.45, 2.75) is 19.9 Å². The molecule has 7 nitrogen and oxygen atoms in total. The van der Waals surface area contributed by atoms with Crippen LogP contribution in [0.2, 0.25) is 0 Å².